The number of benzene rings is 2. The fourth-order valence-electron chi connectivity index (χ4n) is 2.44. The Labute approximate surface area is 129 Å². The first-order valence-corrected chi connectivity index (χ1v) is 7.06. The zero-order chi connectivity index (χ0) is 15.5. The molecule has 0 aliphatic carbocycles. The molecule has 3 aromatic rings. The number of nitrogens with one attached hydrogen (secondary N) is 1. The van der Waals surface area contributed by atoms with E-state index in [9.17, 15) is 4.79 Å². The number of hydrogen-bond donors (Lipinski definition) is 1. The number of rotatable bonds is 3. The maximum absolute atomic E-state index is 11.4. The van der Waals surface area contributed by atoms with Gasteiger partial charge in [-0.1, -0.05) is 30.8 Å². The molecule has 0 aliphatic rings. The number of amides is 1. The van der Waals surface area contributed by atoms with Crippen LogP contribution in [0.15, 0.2) is 67.4 Å². The van der Waals surface area contributed by atoms with E-state index < -0.39 is 0 Å². The van der Waals surface area contributed by atoms with E-state index in [0.717, 1.165) is 27.7 Å². The Morgan fingerprint density at radius 2 is 1.95 bits per heavy atom. The van der Waals surface area contributed by atoms with Crippen LogP contribution in [0.4, 0.5) is 5.69 Å². The number of hydrogen-bond acceptors (Lipinski definition) is 2. The van der Waals surface area contributed by atoms with Crippen molar-refractivity contribution in [3.05, 3.63) is 72.9 Å². The fraction of sp³-hybridized carbons (Fsp3) is 0.0526. The minimum atomic E-state index is -0.215. The molecule has 0 atom stereocenters. The van der Waals surface area contributed by atoms with Crippen molar-refractivity contribution in [2.24, 2.45) is 0 Å². The van der Waals surface area contributed by atoms with Gasteiger partial charge in [-0.05, 0) is 54.0 Å². The van der Waals surface area contributed by atoms with E-state index >= 15 is 0 Å². The number of aromatic nitrogens is 1. The third kappa shape index (κ3) is 2.74. The lowest BCUT2D eigenvalue weighted by atomic mass is 10.0. The van der Waals surface area contributed by atoms with Gasteiger partial charge in [-0.15, -0.1) is 0 Å². The van der Waals surface area contributed by atoms with Gasteiger partial charge in [-0.3, -0.25) is 9.78 Å². The second-order valence-corrected chi connectivity index (χ2v) is 5.13. The van der Waals surface area contributed by atoms with Gasteiger partial charge in [-0.25, -0.2) is 0 Å². The normalized spacial score (nSPS) is 10.4. The maximum atomic E-state index is 11.4. The summed E-state index contributed by atoms with van der Waals surface area (Å²) in [5.41, 5.74) is 5.04. The van der Waals surface area contributed by atoms with E-state index in [1.54, 1.807) is 0 Å². The van der Waals surface area contributed by atoms with Gasteiger partial charge in [-0.2, -0.15) is 0 Å². The van der Waals surface area contributed by atoms with Crippen molar-refractivity contribution >= 4 is 22.5 Å². The predicted octanol–water partition coefficient (Wildman–Crippen LogP) is 4.33. The molecule has 0 saturated carbocycles. The number of carbonyl (C=O) groups excluding carboxylic acids is 1. The van der Waals surface area contributed by atoms with E-state index in [0.29, 0.717) is 0 Å². The van der Waals surface area contributed by atoms with Crippen LogP contribution in [0.25, 0.3) is 22.0 Å². The summed E-state index contributed by atoms with van der Waals surface area (Å²) in [6, 6.07) is 16.0. The molecule has 3 heteroatoms. The molecule has 3 rings (SSSR count). The molecule has 1 N–H and O–H groups in total. The molecule has 0 unspecified atom stereocenters. The van der Waals surface area contributed by atoms with Crippen molar-refractivity contribution in [1.29, 1.82) is 0 Å². The molecule has 1 heterocycles. The monoisotopic (exact) mass is 288 g/mol. The Kier molecular flexibility index (Phi) is 3.71. The number of carbonyl (C=O) groups is 1. The molecule has 108 valence electrons. The smallest absolute Gasteiger partial charge is 0.247 e. The van der Waals surface area contributed by atoms with Gasteiger partial charge in [0.15, 0.2) is 0 Å². The fourth-order valence-corrected chi connectivity index (χ4v) is 2.44. The van der Waals surface area contributed by atoms with Crippen LogP contribution in [0.3, 0.4) is 0 Å². The van der Waals surface area contributed by atoms with Crippen molar-refractivity contribution in [1.82, 2.24) is 4.98 Å². The molecule has 0 spiro atoms. The third-order valence-electron chi connectivity index (χ3n) is 3.61. The van der Waals surface area contributed by atoms with Gasteiger partial charge >= 0.3 is 0 Å². The van der Waals surface area contributed by atoms with E-state index in [-0.39, 0.29) is 5.91 Å². The minimum absolute atomic E-state index is 0.215. The van der Waals surface area contributed by atoms with Gasteiger partial charge in [0.1, 0.15) is 0 Å². The van der Waals surface area contributed by atoms with Crippen LogP contribution < -0.4 is 5.32 Å². The molecule has 22 heavy (non-hydrogen) atoms. The highest BCUT2D eigenvalue weighted by atomic mass is 16.1. The number of nitrogens with zero attached hydrogens (tertiary/aromatic N) is 1. The number of fused-ring (bicyclic) bond motifs is 1. The van der Waals surface area contributed by atoms with Gasteiger partial charge in [0.2, 0.25) is 5.91 Å². The quantitative estimate of drug-likeness (QED) is 0.729. The summed E-state index contributed by atoms with van der Waals surface area (Å²) in [6.07, 6.45) is 3.08. The predicted molar refractivity (Wildman–Crippen MR) is 90.7 cm³/mol. The highest BCUT2D eigenvalue weighted by Gasteiger charge is 2.04. The minimum Gasteiger partial charge on any atom is -0.323 e. The van der Waals surface area contributed by atoms with Gasteiger partial charge < -0.3 is 5.32 Å². The highest BCUT2D eigenvalue weighted by molar-refractivity contribution is 5.99. The van der Waals surface area contributed by atoms with Crippen molar-refractivity contribution in [2.75, 3.05) is 5.32 Å². The zero-order valence-corrected chi connectivity index (χ0v) is 12.3. The molecule has 0 radical (unpaired) electrons. The highest BCUT2D eigenvalue weighted by Crippen LogP contribution is 2.26. The van der Waals surface area contributed by atoms with E-state index in [2.05, 4.69) is 42.0 Å². The summed E-state index contributed by atoms with van der Waals surface area (Å²) in [5, 5.41) is 3.93. The Bertz CT molecular complexity index is 868. The van der Waals surface area contributed by atoms with Crippen LogP contribution in [0.1, 0.15) is 5.56 Å². The summed E-state index contributed by atoms with van der Waals surface area (Å²) in [6.45, 7) is 5.54. The Hall–Kier alpha value is -2.94. The molecule has 1 amide bonds. The van der Waals surface area contributed by atoms with Gasteiger partial charge in [0, 0.05) is 17.3 Å². The number of aryl methyl sites for hydroxylation is 1. The average Bonchev–Trinajstić information content (AvgIpc) is 2.55. The first-order chi connectivity index (χ1) is 10.7. The van der Waals surface area contributed by atoms with Gasteiger partial charge in [0.25, 0.3) is 0 Å². The topological polar surface area (TPSA) is 42.0 Å². The van der Waals surface area contributed by atoms with Crippen LogP contribution in [-0.2, 0) is 4.79 Å². The standard InChI is InChI=1S/C19H16N2O/c1-3-19(22)21-16-6-4-5-14(11-16)15-7-8-17-13(2)9-10-20-18(17)12-15/h3-12H,1H2,2H3,(H,21,22). The summed E-state index contributed by atoms with van der Waals surface area (Å²) in [4.78, 5) is 15.8. The first-order valence-electron chi connectivity index (χ1n) is 7.06. The zero-order valence-electron chi connectivity index (χ0n) is 12.3. The lowest BCUT2D eigenvalue weighted by Crippen LogP contribution is -2.06. The second-order valence-electron chi connectivity index (χ2n) is 5.13. The molecule has 0 aliphatic heterocycles. The molecular formula is C19H16N2O. The molecule has 2 aromatic carbocycles. The second kappa shape index (κ2) is 5.82. The largest absolute Gasteiger partial charge is 0.323 e. The number of pyridine rings is 1. The first kappa shape index (κ1) is 14.0. The summed E-state index contributed by atoms with van der Waals surface area (Å²) >= 11 is 0. The lowest BCUT2D eigenvalue weighted by molar-refractivity contribution is -0.111. The molecule has 0 saturated heterocycles. The summed E-state index contributed by atoms with van der Waals surface area (Å²) in [5.74, 6) is -0.215. The molecule has 1 aromatic heterocycles. The molecular weight excluding hydrogens is 272 g/mol. The van der Waals surface area contributed by atoms with Crippen LogP contribution in [0.2, 0.25) is 0 Å². The Balaban J connectivity index is 2.02. The Morgan fingerprint density at radius 1 is 1.14 bits per heavy atom. The Morgan fingerprint density at radius 3 is 2.77 bits per heavy atom. The summed E-state index contributed by atoms with van der Waals surface area (Å²) in [7, 11) is 0. The third-order valence-corrected chi connectivity index (χ3v) is 3.61. The van der Waals surface area contributed by atoms with Crippen molar-refractivity contribution in [3.63, 3.8) is 0 Å². The van der Waals surface area contributed by atoms with E-state index in [4.69, 9.17) is 0 Å². The average molecular weight is 288 g/mol. The van der Waals surface area contributed by atoms with E-state index in [1.165, 1.54) is 11.6 Å². The van der Waals surface area contributed by atoms with Crippen LogP contribution in [-0.4, -0.2) is 10.9 Å². The number of anilines is 1. The SMILES string of the molecule is C=CC(=O)Nc1cccc(-c2ccc3c(C)ccnc3c2)c1. The van der Waals surface area contributed by atoms with Crippen LogP contribution in [0.5, 0.6) is 0 Å². The van der Waals surface area contributed by atoms with Crippen molar-refractivity contribution in [2.45, 2.75) is 6.92 Å². The molecule has 0 bridgehead atoms. The van der Waals surface area contributed by atoms with E-state index in [1.807, 2.05) is 36.5 Å². The van der Waals surface area contributed by atoms with Crippen LogP contribution >= 0.6 is 0 Å². The lowest BCUT2D eigenvalue weighted by Gasteiger charge is -2.08. The van der Waals surface area contributed by atoms with Gasteiger partial charge in [0.05, 0.1) is 5.52 Å². The van der Waals surface area contributed by atoms with Crippen molar-refractivity contribution < 1.29 is 4.79 Å². The van der Waals surface area contributed by atoms with Crippen molar-refractivity contribution in [3.8, 4) is 11.1 Å². The molecule has 3 nitrogen and oxygen atoms in total. The summed E-state index contributed by atoms with van der Waals surface area (Å²) < 4.78 is 0. The van der Waals surface area contributed by atoms with Crippen LogP contribution in [0, 0.1) is 6.92 Å². The molecule has 0 fully saturated rings. The maximum Gasteiger partial charge on any atom is 0.247 e.